The third-order valence-electron chi connectivity index (χ3n) is 5.64. The first-order chi connectivity index (χ1) is 13.9. The van der Waals surface area contributed by atoms with Crippen LogP contribution in [-0.4, -0.2) is 53.9 Å². The standard InChI is InChI=1S/C22H35N3O4/c1-5-7-12-23-21(27)17-9-8-13-25(14-17)19(26)11-10-18-15(3)20(24-16(18)4)22(28)29-6-2/h17,24H,5-14H2,1-4H3,(H,23,27)/t17-/m0/s1. The number of nitrogens with zero attached hydrogens (tertiary/aromatic N) is 1. The second kappa shape index (κ2) is 11.0. The van der Waals surface area contributed by atoms with E-state index in [1.165, 1.54) is 0 Å². The number of rotatable bonds is 9. The van der Waals surface area contributed by atoms with Crippen molar-refractivity contribution >= 4 is 17.8 Å². The van der Waals surface area contributed by atoms with Gasteiger partial charge in [0, 0.05) is 31.7 Å². The molecule has 1 fully saturated rings. The number of aromatic nitrogens is 1. The Hall–Kier alpha value is -2.31. The molecule has 0 unspecified atom stereocenters. The monoisotopic (exact) mass is 405 g/mol. The molecule has 1 aliphatic rings. The highest BCUT2D eigenvalue weighted by molar-refractivity contribution is 5.90. The Morgan fingerprint density at radius 2 is 2.00 bits per heavy atom. The molecule has 0 radical (unpaired) electrons. The maximum absolute atomic E-state index is 12.8. The van der Waals surface area contributed by atoms with E-state index in [-0.39, 0.29) is 23.7 Å². The normalized spacial score (nSPS) is 16.6. The largest absolute Gasteiger partial charge is 0.461 e. The van der Waals surface area contributed by atoms with Gasteiger partial charge in [0.2, 0.25) is 11.8 Å². The summed E-state index contributed by atoms with van der Waals surface area (Å²) < 4.78 is 5.08. The van der Waals surface area contributed by atoms with Crippen molar-refractivity contribution in [2.75, 3.05) is 26.2 Å². The van der Waals surface area contributed by atoms with E-state index >= 15 is 0 Å². The van der Waals surface area contributed by atoms with Gasteiger partial charge in [-0.1, -0.05) is 13.3 Å². The molecule has 1 aliphatic heterocycles. The summed E-state index contributed by atoms with van der Waals surface area (Å²) in [6.07, 6.45) is 4.64. The molecule has 2 heterocycles. The molecule has 0 aromatic carbocycles. The third kappa shape index (κ3) is 6.08. The van der Waals surface area contributed by atoms with Crippen molar-refractivity contribution in [2.45, 2.75) is 66.2 Å². The number of carbonyl (C=O) groups excluding carboxylic acids is 3. The molecule has 162 valence electrons. The van der Waals surface area contributed by atoms with Crippen LogP contribution in [0.15, 0.2) is 0 Å². The van der Waals surface area contributed by atoms with Crippen molar-refractivity contribution in [1.82, 2.24) is 15.2 Å². The van der Waals surface area contributed by atoms with Gasteiger partial charge in [-0.25, -0.2) is 4.79 Å². The predicted molar refractivity (Wildman–Crippen MR) is 112 cm³/mol. The Morgan fingerprint density at radius 3 is 2.69 bits per heavy atom. The molecule has 7 heteroatoms. The van der Waals surface area contributed by atoms with Crippen LogP contribution in [0.5, 0.6) is 0 Å². The maximum atomic E-state index is 12.8. The highest BCUT2D eigenvalue weighted by atomic mass is 16.5. The molecule has 29 heavy (non-hydrogen) atoms. The second-order valence-electron chi connectivity index (χ2n) is 7.77. The van der Waals surface area contributed by atoms with Crippen LogP contribution in [0.25, 0.3) is 0 Å². The lowest BCUT2D eigenvalue weighted by Gasteiger charge is -2.32. The fraction of sp³-hybridized carbons (Fsp3) is 0.682. The van der Waals surface area contributed by atoms with Gasteiger partial charge in [0.05, 0.1) is 12.5 Å². The summed E-state index contributed by atoms with van der Waals surface area (Å²) in [5.41, 5.74) is 3.20. The summed E-state index contributed by atoms with van der Waals surface area (Å²) in [6.45, 7) is 9.89. The highest BCUT2D eigenvalue weighted by Gasteiger charge is 2.28. The van der Waals surface area contributed by atoms with Gasteiger partial charge in [-0.3, -0.25) is 9.59 Å². The first kappa shape index (κ1) is 23.0. The van der Waals surface area contributed by atoms with Gasteiger partial charge in [-0.15, -0.1) is 0 Å². The van der Waals surface area contributed by atoms with E-state index in [0.717, 1.165) is 42.5 Å². The average molecular weight is 406 g/mol. The molecule has 2 rings (SSSR count). The van der Waals surface area contributed by atoms with E-state index in [1.807, 2.05) is 18.7 Å². The van der Waals surface area contributed by atoms with Crippen molar-refractivity contribution in [1.29, 1.82) is 0 Å². The lowest BCUT2D eigenvalue weighted by atomic mass is 9.96. The zero-order valence-corrected chi connectivity index (χ0v) is 18.2. The Labute approximate surface area is 173 Å². The Kier molecular flexibility index (Phi) is 8.73. The van der Waals surface area contributed by atoms with Gasteiger partial charge < -0.3 is 19.9 Å². The minimum absolute atomic E-state index is 0.0624. The maximum Gasteiger partial charge on any atom is 0.355 e. The summed E-state index contributed by atoms with van der Waals surface area (Å²) in [7, 11) is 0. The summed E-state index contributed by atoms with van der Waals surface area (Å²) >= 11 is 0. The third-order valence-corrected chi connectivity index (χ3v) is 5.64. The number of hydrogen-bond donors (Lipinski definition) is 2. The van der Waals surface area contributed by atoms with E-state index in [1.54, 1.807) is 6.92 Å². The van der Waals surface area contributed by atoms with E-state index in [0.29, 0.717) is 44.8 Å². The molecule has 2 amide bonds. The lowest BCUT2D eigenvalue weighted by molar-refractivity contribution is -0.135. The number of hydrogen-bond acceptors (Lipinski definition) is 4. The summed E-state index contributed by atoms with van der Waals surface area (Å²) in [5, 5.41) is 2.98. The number of aromatic amines is 1. The van der Waals surface area contributed by atoms with Crippen LogP contribution in [0.1, 0.15) is 73.3 Å². The number of likely N-dealkylation sites (tertiary alicyclic amines) is 1. The van der Waals surface area contributed by atoms with Crippen LogP contribution in [0.2, 0.25) is 0 Å². The molecule has 1 aromatic rings. The van der Waals surface area contributed by atoms with E-state index in [9.17, 15) is 14.4 Å². The van der Waals surface area contributed by atoms with Crippen molar-refractivity contribution in [3.05, 3.63) is 22.5 Å². The minimum Gasteiger partial charge on any atom is -0.461 e. The lowest BCUT2D eigenvalue weighted by Crippen LogP contribution is -2.45. The fourth-order valence-corrected chi connectivity index (χ4v) is 3.91. The van der Waals surface area contributed by atoms with Crippen molar-refractivity contribution < 1.29 is 19.1 Å². The minimum atomic E-state index is -0.362. The molecule has 1 aromatic heterocycles. The molecule has 7 nitrogen and oxygen atoms in total. The zero-order valence-electron chi connectivity index (χ0n) is 18.2. The van der Waals surface area contributed by atoms with Crippen LogP contribution in [0.4, 0.5) is 0 Å². The van der Waals surface area contributed by atoms with Crippen LogP contribution >= 0.6 is 0 Å². The van der Waals surface area contributed by atoms with Crippen LogP contribution in [-0.2, 0) is 20.7 Å². The smallest absolute Gasteiger partial charge is 0.355 e. The number of amides is 2. The fourth-order valence-electron chi connectivity index (χ4n) is 3.91. The summed E-state index contributed by atoms with van der Waals surface area (Å²) in [5.74, 6) is -0.351. The van der Waals surface area contributed by atoms with Gasteiger partial charge in [0.15, 0.2) is 0 Å². The molecular weight excluding hydrogens is 370 g/mol. The Balaban J connectivity index is 1.92. The van der Waals surface area contributed by atoms with Gasteiger partial charge >= 0.3 is 5.97 Å². The topological polar surface area (TPSA) is 91.5 Å². The number of carbonyl (C=O) groups is 3. The summed E-state index contributed by atoms with van der Waals surface area (Å²) in [4.78, 5) is 42.0. The highest BCUT2D eigenvalue weighted by Crippen LogP contribution is 2.22. The quantitative estimate of drug-likeness (QED) is 0.488. The SMILES string of the molecule is CCCCNC(=O)[C@H]1CCCN(C(=O)CCc2c(C)[nH]c(C(=O)OCC)c2C)C1. The molecule has 2 N–H and O–H groups in total. The Bertz CT molecular complexity index is 726. The van der Waals surface area contributed by atoms with Gasteiger partial charge in [0.25, 0.3) is 0 Å². The molecule has 1 atom stereocenters. The zero-order chi connectivity index (χ0) is 21.4. The molecule has 1 saturated heterocycles. The number of unbranched alkanes of at least 4 members (excludes halogenated alkanes) is 1. The van der Waals surface area contributed by atoms with Crippen molar-refractivity contribution in [2.24, 2.45) is 5.92 Å². The van der Waals surface area contributed by atoms with Crippen LogP contribution in [0.3, 0.4) is 0 Å². The van der Waals surface area contributed by atoms with Crippen LogP contribution in [0, 0.1) is 19.8 Å². The average Bonchev–Trinajstić information content (AvgIpc) is 3.00. The molecule has 0 spiro atoms. The van der Waals surface area contributed by atoms with E-state index in [2.05, 4.69) is 17.2 Å². The first-order valence-corrected chi connectivity index (χ1v) is 10.8. The number of nitrogens with one attached hydrogen (secondary N) is 2. The number of H-pyrrole nitrogens is 1. The predicted octanol–water partition coefficient (Wildman–Crippen LogP) is 2.90. The van der Waals surface area contributed by atoms with Crippen molar-refractivity contribution in [3.63, 3.8) is 0 Å². The second-order valence-corrected chi connectivity index (χ2v) is 7.77. The van der Waals surface area contributed by atoms with Gasteiger partial charge in [0.1, 0.15) is 5.69 Å². The van der Waals surface area contributed by atoms with Crippen LogP contribution < -0.4 is 5.32 Å². The number of esters is 1. The molecule has 0 aliphatic carbocycles. The number of aryl methyl sites for hydroxylation is 1. The molecule has 0 bridgehead atoms. The van der Waals surface area contributed by atoms with Crippen molar-refractivity contribution in [3.8, 4) is 0 Å². The van der Waals surface area contributed by atoms with Gasteiger partial charge in [-0.2, -0.15) is 0 Å². The Morgan fingerprint density at radius 1 is 1.24 bits per heavy atom. The van der Waals surface area contributed by atoms with E-state index < -0.39 is 0 Å². The summed E-state index contributed by atoms with van der Waals surface area (Å²) in [6, 6.07) is 0. The number of ether oxygens (including phenoxy) is 1. The molecular formula is C22H35N3O4. The number of piperidine rings is 1. The van der Waals surface area contributed by atoms with Gasteiger partial charge in [-0.05, 0) is 57.6 Å². The first-order valence-electron chi connectivity index (χ1n) is 10.8. The van der Waals surface area contributed by atoms with E-state index in [4.69, 9.17) is 4.74 Å². The molecule has 0 saturated carbocycles.